The van der Waals surface area contributed by atoms with Crippen molar-refractivity contribution in [2.75, 3.05) is 0 Å². The highest BCUT2D eigenvalue weighted by molar-refractivity contribution is 6.24. The van der Waals surface area contributed by atoms with E-state index in [2.05, 4.69) is 432 Å². The Morgan fingerprint density at radius 2 is 0.390 bits per heavy atom. The van der Waals surface area contributed by atoms with Crippen molar-refractivity contribution in [2.45, 2.75) is 188 Å². The zero-order valence-corrected chi connectivity index (χ0v) is 84.8. The molecule has 0 unspecified atom stereocenters. The van der Waals surface area contributed by atoms with E-state index in [1.807, 2.05) is 111 Å². The smallest absolute Gasteiger partial charge is 0.0171 e. The summed E-state index contributed by atoms with van der Waals surface area (Å²) < 4.78 is 0. The van der Waals surface area contributed by atoms with Crippen LogP contribution in [0, 0.1) is 0 Å². The van der Waals surface area contributed by atoms with Gasteiger partial charge in [0.15, 0.2) is 0 Å². The number of benzene rings is 23. The quantitative estimate of drug-likeness (QED) is 0.105. The molecule has 23 aromatic carbocycles. The van der Waals surface area contributed by atoms with Crippen LogP contribution in [0.3, 0.4) is 0 Å². The SMILES string of the molecule is CC.CC.CC.CC.CC.CC.CC.CC.CC1(C)c2c(ccc3ccccc23)-c2c1c1ccccc1c1ccccc21.CC1(C)c2cc3ccc4ccccc4c3cc2-c2c1ccc1cc3ccccc3cc21.CC1(C)c2ccc3cc4ccccc4cc3c2-c2c1ccc1c2ccc2ccccc21.CC1(C)c2ccc3cc4ccccc4cc3c2-c2c1ccc1ccc3ccccc3c21. The normalized spacial score (nSPS) is 13.1. The zero-order valence-electron chi connectivity index (χ0n) is 84.8. The monoisotopic (exact) mass is 1770 g/mol. The molecule has 136 heavy (non-hydrogen) atoms. The first kappa shape index (κ1) is 95.1. The predicted molar refractivity (Wildman–Crippen MR) is 609 cm³/mol. The molecule has 0 nitrogen and oxygen atoms in total. The van der Waals surface area contributed by atoms with Gasteiger partial charge in [0.05, 0.1) is 0 Å². The van der Waals surface area contributed by atoms with Crippen molar-refractivity contribution in [3.05, 3.63) is 421 Å². The van der Waals surface area contributed by atoms with Gasteiger partial charge < -0.3 is 0 Å². The van der Waals surface area contributed by atoms with Gasteiger partial charge in [0.2, 0.25) is 0 Å². The van der Waals surface area contributed by atoms with E-state index in [4.69, 9.17) is 0 Å². The second-order valence-corrected chi connectivity index (χ2v) is 36.4. The Labute approximate surface area is 808 Å². The summed E-state index contributed by atoms with van der Waals surface area (Å²) in [4.78, 5) is 0. The molecule has 0 N–H and O–H groups in total. The van der Waals surface area contributed by atoms with Crippen molar-refractivity contribution < 1.29 is 0 Å². The van der Waals surface area contributed by atoms with E-state index in [0.717, 1.165) is 0 Å². The number of rotatable bonds is 0. The summed E-state index contributed by atoms with van der Waals surface area (Å²) in [7, 11) is 0. The molecule has 0 heterocycles. The van der Waals surface area contributed by atoms with Gasteiger partial charge in [-0.1, -0.05) is 494 Å². The minimum Gasteiger partial charge on any atom is -0.0683 e. The summed E-state index contributed by atoms with van der Waals surface area (Å²) in [5.41, 5.74) is 22.8. The number of hydrogen-bond donors (Lipinski definition) is 0. The van der Waals surface area contributed by atoms with Crippen LogP contribution in [0.5, 0.6) is 0 Å². The second-order valence-electron chi connectivity index (χ2n) is 36.4. The van der Waals surface area contributed by atoms with Crippen LogP contribution in [0.25, 0.3) is 206 Å². The lowest BCUT2D eigenvalue weighted by Crippen LogP contribution is -2.16. The van der Waals surface area contributed by atoms with Crippen LogP contribution in [-0.2, 0) is 21.7 Å². The molecule has 4 aliphatic carbocycles. The van der Waals surface area contributed by atoms with Crippen molar-refractivity contribution in [3.8, 4) is 44.5 Å². The molecule has 0 bridgehead atoms. The second kappa shape index (κ2) is 39.5. The number of fused-ring (bicyclic) bond motifs is 39. The molecule has 0 heteroatoms. The van der Waals surface area contributed by atoms with E-state index in [1.165, 1.54) is 251 Å². The maximum Gasteiger partial charge on any atom is 0.0171 e. The van der Waals surface area contributed by atoms with Gasteiger partial charge in [-0.25, -0.2) is 0 Å². The first-order valence-corrected chi connectivity index (χ1v) is 50.8. The zero-order chi connectivity index (χ0) is 96.4. The van der Waals surface area contributed by atoms with Crippen LogP contribution >= 0.6 is 0 Å². The van der Waals surface area contributed by atoms with E-state index in [0.29, 0.717) is 0 Å². The molecule has 23 aromatic rings. The van der Waals surface area contributed by atoms with E-state index in [1.54, 1.807) is 0 Å². The van der Waals surface area contributed by atoms with Crippen LogP contribution in [0.15, 0.2) is 376 Å². The van der Waals surface area contributed by atoms with Gasteiger partial charge in [0, 0.05) is 21.7 Å². The van der Waals surface area contributed by atoms with Gasteiger partial charge >= 0.3 is 0 Å². The molecule has 678 valence electrons. The van der Waals surface area contributed by atoms with Crippen LogP contribution in [0.2, 0.25) is 0 Å². The lowest BCUT2D eigenvalue weighted by Gasteiger charge is -2.25. The highest BCUT2D eigenvalue weighted by Crippen LogP contribution is 2.60. The van der Waals surface area contributed by atoms with Gasteiger partial charge in [-0.2, -0.15) is 0 Å². The molecule has 0 saturated heterocycles. The fraction of sp³-hybridized carbons (Fsp3) is 0.206. The average molecular weight is 1770 g/mol. The van der Waals surface area contributed by atoms with Gasteiger partial charge in [-0.15, -0.1) is 0 Å². The predicted octanol–water partition coefficient (Wildman–Crippen LogP) is 41.5. The Bertz CT molecular complexity index is 8380. The highest BCUT2D eigenvalue weighted by atomic mass is 14.5. The molecule has 0 spiro atoms. The molecule has 0 radical (unpaired) electrons. The summed E-state index contributed by atoms with van der Waals surface area (Å²) in [6, 6.07) is 140. The summed E-state index contributed by atoms with van der Waals surface area (Å²) in [6.45, 7) is 51.0. The Kier molecular flexibility index (Phi) is 27.6. The largest absolute Gasteiger partial charge is 0.0683 e. The standard InChI is InChI=1S/3C31H22.C27H20.8C2H6/c1-31(2)27-15-12-22-17-20-8-3-4-9-21(20)18-26(22)30(27)29-25-13-11-19-7-5-6-10-23(19)24(25)14-16-28(29)31;1-31(2)26-16-14-23-17-21-8-3-4-9-22(21)18-25(23)29(26)30-27(31)15-13-20-12-11-19-7-5-6-10-24(19)28(20)30;1-31(2)28-14-13-22-15-20-8-3-4-9-21(20)16-26(22)30(28)27-18-25-23(17-29(27)31)12-11-19-7-5-6-10-24(19)25;1-27(2)25-18-10-4-3-9-17(18)15-16-23(25)24-21-13-7-5-11-19(21)20-12-6-8-14-22(20)26(24)27;8*1-2/h3*3-18H,1-2H3;3-16H,1-2H3;8*1-2H3. The van der Waals surface area contributed by atoms with Crippen LogP contribution in [0.4, 0.5) is 0 Å². The van der Waals surface area contributed by atoms with Crippen LogP contribution in [0.1, 0.15) is 211 Å². The highest BCUT2D eigenvalue weighted by Gasteiger charge is 2.43. The fourth-order valence-corrected chi connectivity index (χ4v) is 22.8. The average Bonchev–Trinajstić information content (AvgIpc) is 1.55. The first-order chi connectivity index (χ1) is 66.5. The van der Waals surface area contributed by atoms with Gasteiger partial charge in [0.1, 0.15) is 0 Å². The Morgan fingerprint density at radius 1 is 0.125 bits per heavy atom. The van der Waals surface area contributed by atoms with E-state index < -0.39 is 0 Å². The van der Waals surface area contributed by atoms with E-state index in [-0.39, 0.29) is 21.7 Å². The maximum atomic E-state index is 2.45. The third-order valence-electron chi connectivity index (χ3n) is 28.6. The van der Waals surface area contributed by atoms with Gasteiger partial charge in [0.25, 0.3) is 0 Å². The van der Waals surface area contributed by atoms with Crippen molar-refractivity contribution in [1.82, 2.24) is 0 Å². The van der Waals surface area contributed by atoms with Crippen molar-refractivity contribution >= 4 is 162 Å². The third kappa shape index (κ3) is 15.6. The molecule has 27 rings (SSSR count). The van der Waals surface area contributed by atoms with Crippen LogP contribution in [-0.4, -0.2) is 0 Å². The molecule has 0 aromatic heterocycles. The topological polar surface area (TPSA) is 0 Å². The van der Waals surface area contributed by atoms with E-state index >= 15 is 0 Å². The summed E-state index contributed by atoms with van der Waals surface area (Å²) in [5, 5.41) is 40.1. The third-order valence-corrected chi connectivity index (χ3v) is 28.6. The first-order valence-electron chi connectivity index (χ1n) is 50.8. The molecule has 0 saturated carbocycles. The lowest BCUT2D eigenvalue weighted by molar-refractivity contribution is 0.661. The summed E-state index contributed by atoms with van der Waals surface area (Å²) in [5.74, 6) is 0. The molecular weight excluding hydrogens is 1630 g/mol. The molecule has 0 fully saturated rings. The molecule has 0 amide bonds. The fourth-order valence-electron chi connectivity index (χ4n) is 22.8. The Balaban J connectivity index is 0.000000125. The summed E-state index contributed by atoms with van der Waals surface area (Å²) in [6.07, 6.45) is 0. The molecule has 0 atom stereocenters. The van der Waals surface area contributed by atoms with Crippen molar-refractivity contribution in [3.63, 3.8) is 0 Å². The van der Waals surface area contributed by atoms with Gasteiger partial charge in [-0.05, 0) is 299 Å². The molecule has 0 aliphatic heterocycles. The van der Waals surface area contributed by atoms with Gasteiger partial charge in [-0.3, -0.25) is 0 Å². The maximum absolute atomic E-state index is 2.45. The van der Waals surface area contributed by atoms with Crippen molar-refractivity contribution in [1.29, 1.82) is 0 Å². The molecule has 4 aliphatic rings. The minimum absolute atomic E-state index is 0.00959. The Morgan fingerprint density at radius 3 is 0.868 bits per heavy atom. The lowest BCUT2D eigenvalue weighted by atomic mass is 9.78. The minimum atomic E-state index is -0.0326. The Hall–Kier alpha value is -14.0. The van der Waals surface area contributed by atoms with E-state index in [9.17, 15) is 0 Å². The van der Waals surface area contributed by atoms with Crippen LogP contribution < -0.4 is 0 Å². The summed E-state index contributed by atoms with van der Waals surface area (Å²) >= 11 is 0. The number of hydrogen-bond acceptors (Lipinski definition) is 0. The molecular formula is C136H134. The van der Waals surface area contributed by atoms with Crippen molar-refractivity contribution in [2.24, 2.45) is 0 Å².